The van der Waals surface area contributed by atoms with Crippen LogP contribution in [0.4, 0.5) is 5.82 Å². The SMILES string of the molecule is Cc1nc(N)c2nc(-c3ccccc3)sc2n1. The minimum atomic E-state index is 0.450. The Hall–Kier alpha value is -2.01. The number of benzene rings is 1. The molecule has 0 aliphatic rings. The van der Waals surface area contributed by atoms with E-state index in [2.05, 4.69) is 15.0 Å². The fourth-order valence-corrected chi connectivity index (χ4v) is 2.66. The van der Waals surface area contributed by atoms with Crippen molar-refractivity contribution in [2.45, 2.75) is 6.92 Å². The van der Waals surface area contributed by atoms with Crippen molar-refractivity contribution >= 4 is 27.5 Å². The average Bonchev–Trinajstić information content (AvgIpc) is 2.74. The maximum absolute atomic E-state index is 5.84. The number of hydrogen-bond donors (Lipinski definition) is 1. The highest BCUT2D eigenvalue weighted by Gasteiger charge is 2.10. The van der Waals surface area contributed by atoms with Gasteiger partial charge in [-0.25, -0.2) is 15.0 Å². The molecule has 0 aliphatic heterocycles. The average molecular weight is 242 g/mol. The molecule has 0 saturated heterocycles. The first kappa shape index (κ1) is 10.2. The summed E-state index contributed by atoms with van der Waals surface area (Å²) in [5.41, 5.74) is 7.61. The Kier molecular flexibility index (Phi) is 2.26. The van der Waals surface area contributed by atoms with Gasteiger partial charge in [-0.15, -0.1) is 0 Å². The van der Waals surface area contributed by atoms with Gasteiger partial charge in [0.2, 0.25) is 0 Å². The van der Waals surface area contributed by atoms with Crippen molar-refractivity contribution in [3.8, 4) is 10.6 Å². The van der Waals surface area contributed by atoms with E-state index in [1.165, 1.54) is 11.3 Å². The molecule has 0 fully saturated rings. The molecular formula is C12H10N4S. The molecule has 3 aromatic rings. The Morgan fingerprint density at radius 1 is 1.06 bits per heavy atom. The molecule has 84 valence electrons. The molecule has 2 N–H and O–H groups in total. The number of anilines is 1. The summed E-state index contributed by atoms with van der Waals surface area (Å²) in [7, 11) is 0. The number of nitrogen functional groups attached to an aromatic ring is 1. The van der Waals surface area contributed by atoms with Crippen LogP contribution in [0.3, 0.4) is 0 Å². The summed E-state index contributed by atoms with van der Waals surface area (Å²) in [6, 6.07) is 10.0. The van der Waals surface area contributed by atoms with Crippen LogP contribution in [0.5, 0.6) is 0 Å². The maximum atomic E-state index is 5.84. The Bertz CT molecular complexity index is 676. The van der Waals surface area contributed by atoms with Crippen LogP contribution < -0.4 is 5.73 Å². The summed E-state index contributed by atoms with van der Waals surface area (Å²) in [6.07, 6.45) is 0. The first-order valence-corrected chi connectivity index (χ1v) is 6.02. The standard InChI is InChI=1S/C12H10N4S/c1-7-14-10(13)9-12(15-7)17-11(16-9)8-5-3-2-4-6-8/h2-6H,1H3,(H2,13,14,15). The largest absolute Gasteiger partial charge is 0.382 e. The van der Waals surface area contributed by atoms with E-state index in [9.17, 15) is 0 Å². The van der Waals surface area contributed by atoms with Crippen LogP contribution in [0.25, 0.3) is 20.9 Å². The second-order valence-corrected chi connectivity index (χ2v) is 4.67. The second kappa shape index (κ2) is 3.78. The molecule has 4 nitrogen and oxygen atoms in total. The number of aromatic nitrogens is 3. The van der Waals surface area contributed by atoms with E-state index < -0.39 is 0 Å². The van der Waals surface area contributed by atoms with Gasteiger partial charge in [0.15, 0.2) is 5.82 Å². The number of fused-ring (bicyclic) bond motifs is 1. The van der Waals surface area contributed by atoms with Gasteiger partial charge in [0.1, 0.15) is 21.2 Å². The highest BCUT2D eigenvalue weighted by Crippen LogP contribution is 2.30. The summed E-state index contributed by atoms with van der Waals surface area (Å²) < 4.78 is 0. The topological polar surface area (TPSA) is 64.7 Å². The molecule has 0 aliphatic carbocycles. The highest BCUT2D eigenvalue weighted by molar-refractivity contribution is 7.21. The monoisotopic (exact) mass is 242 g/mol. The molecule has 17 heavy (non-hydrogen) atoms. The van der Waals surface area contributed by atoms with Crippen LogP contribution in [0.2, 0.25) is 0 Å². The summed E-state index contributed by atoms with van der Waals surface area (Å²) in [6.45, 7) is 1.83. The molecule has 3 rings (SSSR count). The maximum Gasteiger partial charge on any atom is 0.154 e. The number of nitrogens with zero attached hydrogens (tertiary/aromatic N) is 3. The van der Waals surface area contributed by atoms with Crippen molar-refractivity contribution in [1.82, 2.24) is 15.0 Å². The van der Waals surface area contributed by atoms with Crippen LogP contribution in [0.1, 0.15) is 5.82 Å². The van der Waals surface area contributed by atoms with Gasteiger partial charge in [0.05, 0.1) is 0 Å². The minimum absolute atomic E-state index is 0.450. The van der Waals surface area contributed by atoms with Gasteiger partial charge >= 0.3 is 0 Å². The van der Waals surface area contributed by atoms with Gasteiger partial charge in [0.25, 0.3) is 0 Å². The Morgan fingerprint density at radius 2 is 1.82 bits per heavy atom. The Morgan fingerprint density at radius 3 is 2.59 bits per heavy atom. The van der Waals surface area contributed by atoms with Crippen molar-refractivity contribution in [1.29, 1.82) is 0 Å². The van der Waals surface area contributed by atoms with Crippen LogP contribution >= 0.6 is 11.3 Å². The molecule has 0 unspecified atom stereocenters. The van der Waals surface area contributed by atoms with Crippen molar-refractivity contribution < 1.29 is 0 Å². The van der Waals surface area contributed by atoms with E-state index in [0.717, 1.165) is 15.4 Å². The molecule has 1 aromatic carbocycles. The second-order valence-electron chi connectivity index (χ2n) is 3.69. The molecule has 0 radical (unpaired) electrons. The lowest BCUT2D eigenvalue weighted by Crippen LogP contribution is -1.95. The number of rotatable bonds is 1. The van der Waals surface area contributed by atoms with Gasteiger partial charge in [-0.3, -0.25) is 0 Å². The van der Waals surface area contributed by atoms with Gasteiger partial charge < -0.3 is 5.73 Å². The van der Waals surface area contributed by atoms with Crippen molar-refractivity contribution in [2.75, 3.05) is 5.73 Å². The first-order valence-electron chi connectivity index (χ1n) is 5.20. The molecular weight excluding hydrogens is 232 g/mol. The number of aryl methyl sites for hydroxylation is 1. The predicted octanol–water partition coefficient (Wildman–Crippen LogP) is 2.64. The molecule has 2 aromatic heterocycles. The van der Waals surface area contributed by atoms with E-state index >= 15 is 0 Å². The third-order valence-corrected chi connectivity index (χ3v) is 3.42. The predicted molar refractivity (Wildman–Crippen MR) is 69.8 cm³/mol. The smallest absolute Gasteiger partial charge is 0.154 e. The van der Waals surface area contributed by atoms with Crippen molar-refractivity contribution in [3.63, 3.8) is 0 Å². The van der Waals surface area contributed by atoms with E-state index in [4.69, 9.17) is 5.73 Å². The molecule has 0 amide bonds. The Balaban J connectivity index is 2.24. The molecule has 0 bridgehead atoms. The van der Waals surface area contributed by atoms with Gasteiger partial charge in [-0.05, 0) is 6.92 Å². The number of hydrogen-bond acceptors (Lipinski definition) is 5. The van der Waals surface area contributed by atoms with Crippen molar-refractivity contribution in [2.24, 2.45) is 0 Å². The van der Waals surface area contributed by atoms with Crippen LogP contribution in [0.15, 0.2) is 30.3 Å². The lowest BCUT2D eigenvalue weighted by molar-refractivity contribution is 1.10. The molecule has 0 saturated carbocycles. The fraction of sp³-hybridized carbons (Fsp3) is 0.0833. The third-order valence-electron chi connectivity index (χ3n) is 2.42. The molecule has 0 atom stereocenters. The first-order chi connectivity index (χ1) is 8.24. The van der Waals surface area contributed by atoms with Gasteiger partial charge in [-0.2, -0.15) is 0 Å². The van der Waals surface area contributed by atoms with Crippen LogP contribution in [0, 0.1) is 6.92 Å². The van der Waals surface area contributed by atoms with E-state index in [1.807, 2.05) is 37.3 Å². The van der Waals surface area contributed by atoms with Gasteiger partial charge in [0, 0.05) is 5.56 Å². The van der Waals surface area contributed by atoms with Crippen molar-refractivity contribution in [3.05, 3.63) is 36.2 Å². The molecule has 5 heteroatoms. The lowest BCUT2D eigenvalue weighted by Gasteiger charge is -1.94. The Labute approximate surface area is 102 Å². The van der Waals surface area contributed by atoms with Gasteiger partial charge in [-0.1, -0.05) is 41.7 Å². The quantitative estimate of drug-likeness (QED) is 0.712. The van der Waals surface area contributed by atoms with E-state index in [0.29, 0.717) is 17.2 Å². The normalized spacial score (nSPS) is 10.9. The van der Waals surface area contributed by atoms with E-state index in [1.54, 1.807) is 0 Å². The molecule has 2 heterocycles. The third kappa shape index (κ3) is 1.74. The summed E-state index contributed by atoms with van der Waals surface area (Å²) in [5.74, 6) is 1.13. The summed E-state index contributed by atoms with van der Waals surface area (Å²) in [4.78, 5) is 13.8. The van der Waals surface area contributed by atoms with E-state index in [-0.39, 0.29) is 0 Å². The van der Waals surface area contributed by atoms with Crippen LogP contribution in [-0.4, -0.2) is 15.0 Å². The summed E-state index contributed by atoms with van der Waals surface area (Å²) >= 11 is 1.54. The zero-order valence-electron chi connectivity index (χ0n) is 9.21. The zero-order chi connectivity index (χ0) is 11.8. The van der Waals surface area contributed by atoms with Crippen LogP contribution in [-0.2, 0) is 0 Å². The lowest BCUT2D eigenvalue weighted by atomic mass is 10.2. The zero-order valence-corrected chi connectivity index (χ0v) is 10.0. The fourth-order valence-electron chi connectivity index (χ4n) is 1.66. The highest BCUT2D eigenvalue weighted by atomic mass is 32.1. The number of nitrogens with two attached hydrogens (primary N) is 1. The minimum Gasteiger partial charge on any atom is -0.382 e. The molecule has 0 spiro atoms. The number of thiazole rings is 1. The summed E-state index contributed by atoms with van der Waals surface area (Å²) in [5, 5.41) is 0.923.